The van der Waals surface area contributed by atoms with Gasteiger partial charge in [0.25, 0.3) is 0 Å². The molecule has 2 N–H and O–H groups in total. The Morgan fingerprint density at radius 1 is 1.33 bits per heavy atom. The molecular formula is C17H25N3O4. The summed E-state index contributed by atoms with van der Waals surface area (Å²) in [5, 5.41) is 5.94. The molecule has 1 aromatic heterocycles. The van der Waals surface area contributed by atoms with Crippen LogP contribution in [0, 0.1) is 0 Å². The van der Waals surface area contributed by atoms with Crippen LogP contribution in [0.3, 0.4) is 0 Å². The molecule has 0 radical (unpaired) electrons. The molecule has 0 unspecified atom stereocenters. The molecule has 1 aliphatic rings. The predicted molar refractivity (Wildman–Crippen MR) is 90.0 cm³/mol. The molecule has 7 heteroatoms. The van der Waals surface area contributed by atoms with Crippen LogP contribution in [-0.4, -0.2) is 43.2 Å². The number of unbranched alkanes of at least 4 members (excludes halogenated alkanes) is 1. The number of aryl methyl sites for hydroxylation is 1. The second-order valence-electron chi connectivity index (χ2n) is 5.54. The van der Waals surface area contributed by atoms with E-state index in [9.17, 15) is 9.59 Å². The number of hydrogen-bond acceptors (Lipinski definition) is 6. The molecule has 132 valence electrons. The lowest BCUT2D eigenvalue weighted by atomic mass is 10.1. The van der Waals surface area contributed by atoms with Gasteiger partial charge in [-0.25, -0.2) is 4.98 Å². The Balaban J connectivity index is 1.59. The third kappa shape index (κ3) is 6.06. The van der Waals surface area contributed by atoms with Gasteiger partial charge in [-0.3, -0.25) is 9.59 Å². The SMILES string of the molecule is CCOC(=O)CCNC(=O)CCCCc1ccc2c(n1)NCCO2. The summed E-state index contributed by atoms with van der Waals surface area (Å²) in [4.78, 5) is 27.4. The molecule has 2 heterocycles. The van der Waals surface area contributed by atoms with Gasteiger partial charge in [0, 0.05) is 18.7 Å². The number of pyridine rings is 1. The summed E-state index contributed by atoms with van der Waals surface area (Å²) in [7, 11) is 0. The Bertz CT molecular complexity index is 563. The monoisotopic (exact) mass is 335 g/mol. The number of carbonyl (C=O) groups excluding carboxylic acids is 2. The van der Waals surface area contributed by atoms with Gasteiger partial charge in [0.05, 0.1) is 19.6 Å². The minimum Gasteiger partial charge on any atom is -0.488 e. The van der Waals surface area contributed by atoms with Gasteiger partial charge in [-0.15, -0.1) is 0 Å². The van der Waals surface area contributed by atoms with E-state index in [2.05, 4.69) is 15.6 Å². The van der Waals surface area contributed by atoms with Crippen molar-refractivity contribution in [3.05, 3.63) is 17.8 Å². The lowest BCUT2D eigenvalue weighted by Crippen LogP contribution is -2.26. The van der Waals surface area contributed by atoms with Crippen LogP contribution in [-0.2, 0) is 20.7 Å². The number of esters is 1. The molecular weight excluding hydrogens is 310 g/mol. The lowest BCUT2D eigenvalue weighted by molar-refractivity contribution is -0.143. The first kappa shape index (κ1) is 18.0. The number of nitrogens with one attached hydrogen (secondary N) is 2. The van der Waals surface area contributed by atoms with Crippen LogP contribution in [0.5, 0.6) is 5.75 Å². The van der Waals surface area contributed by atoms with Crippen molar-refractivity contribution in [1.29, 1.82) is 0 Å². The number of nitrogens with zero attached hydrogens (tertiary/aromatic N) is 1. The Kier molecular flexibility index (Phi) is 7.32. The number of carbonyl (C=O) groups is 2. The van der Waals surface area contributed by atoms with Crippen molar-refractivity contribution in [3.8, 4) is 5.75 Å². The highest BCUT2D eigenvalue weighted by Crippen LogP contribution is 2.25. The molecule has 0 bridgehead atoms. The van der Waals surface area contributed by atoms with Crippen molar-refractivity contribution in [2.45, 2.75) is 39.0 Å². The number of rotatable bonds is 9. The highest BCUT2D eigenvalue weighted by atomic mass is 16.5. The summed E-state index contributed by atoms with van der Waals surface area (Å²) in [5.41, 5.74) is 0.995. The van der Waals surface area contributed by atoms with E-state index >= 15 is 0 Å². The summed E-state index contributed by atoms with van der Waals surface area (Å²) in [6, 6.07) is 3.90. The Hall–Kier alpha value is -2.31. The van der Waals surface area contributed by atoms with Crippen molar-refractivity contribution in [1.82, 2.24) is 10.3 Å². The van der Waals surface area contributed by atoms with Crippen molar-refractivity contribution in [2.75, 3.05) is 31.6 Å². The predicted octanol–water partition coefficient (Wildman–Crippen LogP) is 1.67. The van der Waals surface area contributed by atoms with Crippen LogP contribution >= 0.6 is 0 Å². The van der Waals surface area contributed by atoms with Crippen LogP contribution in [0.2, 0.25) is 0 Å². The summed E-state index contributed by atoms with van der Waals surface area (Å²) in [6.45, 7) is 3.90. The standard InChI is InChI=1S/C17H25N3O4/c1-2-23-16(22)9-10-18-15(21)6-4-3-5-13-7-8-14-17(20-13)19-11-12-24-14/h7-8H,2-6,9-12H2,1H3,(H,18,21)(H,19,20). The molecule has 1 aliphatic heterocycles. The maximum Gasteiger partial charge on any atom is 0.307 e. The van der Waals surface area contributed by atoms with Gasteiger partial charge in [0.15, 0.2) is 11.6 Å². The molecule has 24 heavy (non-hydrogen) atoms. The Morgan fingerprint density at radius 2 is 2.21 bits per heavy atom. The smallest absolute Gasteiger partial charge is 0.307 e. The first-order valence-electron chi connectivity index (χ1n) is 8.48. The number of fused-ring (bicyclic) bond motifs is 1. The van der Waals surface area contributed by atoms with Crippen molar-refractivity contribution in [3.63, 3.8) is 0 Å². The molecule has 1 aromatic rings. The fraction of sp³-hybridized carbons (Fsp3) is 0.588. The zero-order chi connectivity index (χ0) is 17.2. The van der Waals surface area contributed by atoms with Crippen LogP contribution in [0.1, 0.15) is 38.3 Å². The van der Waals surface area contributed by atoms with E-state index < -0.39 is 0 Å². The van der Waals surface area contributed by atoms with Gasteiger partial charge < -0.3 is 20.1 Å². The van der Waals surface area contributed by atoms with E-state index in [0.29, 0.717) is 26.2 Å². The maximum atomic E-state index is 11.7. The van der Waals surface area contributed by atoms with Gasteiger partial charge in [0.2, 0.25) is 5.91 Å². The van der Waals surface area contributed by atoms with E-state index in [4.69, 9.17) is 9.47 Å². The third-order valence-corrected chi connectivity index (χ3v) is 3.61. The van der Waals surface area contributed by atoms with E-state index in [1.54, 1.807) is 6.92 Å². The van der Waals surface area contributed by atoms with Gasteiger partial charge in [-0.2, -0.15) is 0 Å². The maximum absolute atomic E-state index is 11.7. The minimum absolute atomic E-state index is 0.0345. The lowest BCUT2D eigenvalue weighted by Gasteiger charge is -2.18. The molecule has 1 amide bonds. The minimum atomic E-state index is -0.283. The van der Waals surface area contributed by atoms with Crippen molar-refractivity contribution >= 4 is 17.7 Å². The zero-order valence-corrected chi connectivity index (χ0v) is 14.1. The topological polar surface area (TPSA) is 89.5 Å². The van der Waals surface area contributed by atoms with Gasteiger partial charge in [0.1, 0.15) is 6.61 Å². The molecule has 0 aromatic carbocycles. The van der Waals surface area contributed by atoms with Crippen LogP contribution < -0.4 is 15.4 Å². The summed E-state index contributed by atoms with van der Waals surface area (Å²) in [6.07, 6.45) is 3.17. The summed E-state index contributed by atoms with van der Waals surface area (Å²) < 4.78 is 10.3. The average molecular weight is 335 g/mol. The first-order valence-corrected chi connectivity index (χ1v) is 8.48. The fourth-order valence-electron chi connectivity index (χ4n) is 2.42. The van der Waals surface area contributed by atoms with E-state index in [1.807, 2.05) is 12.1 Å². The molecule has 0 saturated carbocycles. The molecule has 7 nitrogen and oxygen atoms in total. The average Bonchev–Trinajstić information content (AvgIpc) is 2.59. The van der Waals surface area contributed by atoms with E-state index in [1.165, 1.54) is 0 Å². The van der Waals surface area contributed by atoms with E-state index in [-0.39, 0.29) is 18.3 Å². The van der Waals surface area contributed by atoms with Crippen molar-refractivity contribution < 1.29 is 19.1 Å². The van der Waals surface area contributed by atoms with E-state index in [0.717, 1.165) is 43.1 Å². The highest BCUT2D eigenvalue weighted by Gasteiger charge is 2.11. The molecule has 2 rings (SSSR count). The third-order valence-electron chi connectivity index (χ3n) is 3.61. The summed E-state index contributed by atoms with van der Waals surface area (Å²) >= 11 is 0. The largest absolute Gasteiger partial charge is 0.488 e. The van der Waals surface area contributed by atoms with Gasteiger partial charge >= 0.3 is 5.97 Å². The molecule has 0 atom stereocenters. The molecule has 0 saturated heterocycles. The number of anilines is 1. The Morgan fingerprint density at radius 3 is 3.04 bits per heavy atom. The number of hydrogen-bond donors (Lipinski definition) is 2. The fourth-order valence-corrected chi connectivity index (χ4v) is 2.42. The zero-order valence-electron chi connectivity index (χ0n) is 14.1. The normalized spacial score (nSPS) is 12.5. The highest BCUT2D eigenvalue weighted by molar-refractivity contribution is 5.77. The number of ether oxygens (including phenoxy) is 2. The number of aromatic nitrogens is 1. The molecule has 0 spiro atoms. The number of amides is 1. The van der Waals surface area contributed by atoms with Crippen LogP contribution in [0.25, 0.3) is 0 Å². The first-order chi connectivity index (χ1) is 11.7. The van der Waals surface area contributed by atoms with Crippen LogP contribution in [0.4, 0.5) is 5.82 Å². The quantitative estimate of drug-likeness (QED) is 0.527. The van der Waals surface area contributed by atoms with Gasteiger partial charge in [-0.05, 0) is 38.3 Å². The Labute approximate surface area is 142 Å². The van der Waals surface area contributed by atoms with Gasteiger partial charge in [-0.1, -0.05) is 0 Å². The summed E-state index contributed by atoms with van der Waals surface area (Å²) in [5.74, 6) is 1.28. The van der Waals surface area contributed by atoms with Crippen molar-refractivity contribution in [2.24, 2.45) is 0 Å². The second kappa shape index (κ2) is 9.75. The molecule has 0 aliphatic carbocycles. The molecule has 0 fully saturated rings. The second-order valence-corrected chi connectivity index (χ2v) is 5.54. The van der Waals surface area contributed by atoms with Crippen LogP contribution in [0.15, 0.2) is 12.1 Å².